The second kappa shape index (κ2) is 78.3. The molecular weight excluding hydrogens is 1380 g/mol. The Kier molecular flexibility index (Phi) is 76.9. The molecule has 0 heterocycles. The average Bonchev–Trinajstić information content (AvgIpc) is 0.901. The van der Waals surface area contributed by atoms with Crippen LogP contribution in [0, 0.1) is 11.8 Å². The third-order valence-electron chi connectivity index (χ3n) is 20.5. The van der Waals surface area contributed by atoms with Crippen molar-refractivity contribution in [3.05, 3.63) is 0 Å². The minimum absolute atomic E-state index is 0.108. The summed E-state index contributed by atoms with van der Waals surface area (Å²) < 4.78 is 68.9. The van der Waals surface area contributed by atoms with Crippen molar-refractivity contribution in [2.45, 2.75) is 484 Å². The molecule has 3 N–H and O–H groups in total. The molecule has 19 heteroatoms. The quantitative estimate of drug-likeness (QED) is 0.0222. The summed E-state index contributed by atoms with van der Waals surface area (Å²) in [5.74, 6) is -0.590. The summed E-state index contributed by atoms with van der Waals surface area (Å²) in [6.07, 6.45) is 71.0. The summed E-state index contributed by atoms with van der Waals surface area (Å²) in [6, 6.07) is 0. The molecule has 0 aliphatic rings. The number of hydrogen-bond donors (Lipinski definition) is 3. The molecule has 2 unspecified atom stereocenters. The number of phosphoric acid groups is 2. The molecule has 0 radical (unpaired) electrons. The van der Waals surface area contributed by atoms with Gasteiger partial charge in [0, 0.05) is 25.7 Å². The molecular formula is C87H170O17P2. The fraction of sp³-hybridized carbons (Fsp3) is 0.954. The molecule has 0 rings (SSSR count). The molecule has 0 aliphatic heterocycles. The van der Waals surface area contributed by atoms with Gasteiger partial charge in [-0.3, -0.25) is 37.3 Å². The van der Waals surface area contributed by atoms with Gasteiger partial charge >= 0.3 is 39.5 Å². The van der Waals surface area contributed by atoms with Crippen LogP contribution in [0.2, 0.25) is 0 Å². The van der Waals surface area contributed by atoms with Gasteiger partial charge in [0.25, 0.3) is 0 Å². The molecule has 0 aromatic heterocycles. The van der Waals surface area contributed by atoms with Crippen LogP contribution in [-0.2, 0) is 65.4 Å². The molecule has 630 valence electrons. The summed E-state index contributed by atoms with van der Waals surface area (Å²) in [5, 5.41) is 10.7. The molecule has 0 aromatic carbocycles. The second-order valence-corrected chi connectivity index (χ2v) is 35.1. The van der Waals surface area contributed by atoms with Gasteiger partial charge in [-0.25, -0.2) is 9.13 Å². The molecule has 106 heavy (non-hydrogen) atoms. The highest BCUT2D eigenvalue weighted by Gasteiger charge is 2.30. The lowest BCUT2D eigenvalue weighted by Gasteiger charge is -2.21. The van der Waals surface area contributed by atoms with E-state index >= 15 is 0 Å². The van der Waals surface area contributed by atoms with Gasteiger partial charge in [0.05, 0.1) is 26.4 Å². The SMILES string of the molecule is CCCCCCCCCCCCCCCCCCCCCCC(=O)O[C@H](COC(=O)CCCCCCCCCCCCCCCCCC(C)C)COP(=O)(O)OC[C@@H](O)COP(=O)(O)OC[C@@H](COC(=O)CCCCCCCCCC(C)C)OC(=O)CCCCCCCCCCCCCCCCCCCC. The monoisotopic (exact) mass is 1550 g/mol. The van der Waals surface area contributed by atoms with Crippen LogP contribution in [0.4, 0.5) is 0 Å². The number of aliphatic hydroxyl groups excluding tert-OH is 1. The number of carbonyl (C=O) groups is 4. The molecule has 0 saturated heterocycles. The highest BCUT2D eigenvalue weighted by molar-refractivity contribution is 7.47. The van der Waals surface area contributed by atoms with Gasteiger partial charge < -0.3 is 33.8 Å². The van der Waals surface area contributed by atoms with E-state index in [9.17, 15) is 43.2 Å². The Labute approximate surface area is 651 Å². The van der Waals surface area contributed by atoms with E-state index in [-0.39, 0.29) is 25.7 Å². The first kappa shape index (κ1) is 104. The Morgan fingerprint density at radius 2 is 0.434 bits per heavy atom. The lowest BCUT2D eigenvalue weighted by Crippen LogP contribution is -2.30. The second-order valence-electron chi connectivity index (χ2n) is 32.2. The van der Waals surface area contributed by atoms with Crippen molar-refractivity contribution in [2.24, 2.45) is 11.8 Å². The number of ether oxygens (including phenoxy) is 4. The summed E-state index contributed by atoms with van der Waals surface area (Å²) >= 11 is 0. The van der Waals surface area contributed by atoms with Crippen molar-refractivity contribution < 1.29 is 80.2 Å². The number of aliphatic hydroxyl groups is 1. The zero-order valence-corrected chi connectivity index (χ0v) is 71.5. The summed E-state index contributed by atoms with van der Waals surface area (Å²) in [6.45, 7) is 9.65. The third-order valence-corrected chi connectivity index (χ3v) is 22.4. The number of hydrogen-bond acceptors (Lipinski definition) is 15. The van der Waals surface area contributed by atoms with Crippen LogP contribution < -0.4 is 0 Å². The zero-order chi connectivity index (χ0) is 77.8. The van der Waals surface area contributed by atoms with Crippen molar-refractivity contribution in [3.8, 4) is 0 Å². The van der Waals surface area contributed by atoms with Crippen LogP contribution in [-0.4, -0.2) is 96.7 Å². The Bertz CT molecular complexity index is 2030. The molecule has 17 nitrogen and oxygen atoms in total. The van der Waals surface area contributed by atoms with Gasteiger partial charge in [-0.1, -0.05) is 414 Å². The van der Waals surface area contributed by atoms with Crippen molar-refractivity contribution in [2.75, 3.05) is 39.6 Å². The summed E-state index contributed by atoms with van der Waals surface area (Å²) in [4.78, 5) is 73.2. The third kappa shape index (κ3) is 80.1. The highest BCUT2D eigenvalue weighted by atomic mass is 31.2. The molecule has 0 fully saturated rings. The van der Waals surface area contributed by atoms with E-state index in [2.05, 4.69) is 41.5 Å². The Morgan fingerprint density at radius 3 is 0.642 bits per heavy atom. The predicted octanol–water partition coefficient (Wildman–Crippen LogP) is 26.6. The van der Waals surface area contributed by atoms with Crippen molar-refractivity contribution in [1.29, 1.82) is 0 Å². The minimum Gasteiger partial charge on any atom is -0.462 e. The lowest BCUT2D eigenvalue weighted by molar-refractivity contribution is -0.161. The Balaban J connectivity index is 5.23. The van der Waals surface area contributed by atoms with E-state index in [1.165, 1.54) is 276 Å². The lowest BCUT2D eigenvalue weighted by atomic mass is 10.0. The average molecular weight is 1550 g/mol. The smallest absolute Gasteiger partial charge is 0.462 e. The van der Waals surface area contributed by atoms with Crippen LogP contribution in [0.25, 0.3) is 0 Å². The number of esters is 4. The first-order chi connectivity index (χ1) is 51.4. The van der Waals surface area contributed by atoms with Gasteiger partial charge in [0.2, 0.25) is 0 Å². The fourth-order valence-corrected chi connectivity index (χ4v) is 15.2. The van der Waals surface area contributed by atoms with E-state index in [1.807, 2.05) is 0 Å². The van der Waals surface area contributed by atoms with Gasteiger partial charge in [-0.2, -0.15) is 0 Å². The molecule has 0 amide bonds. The summed E-state index contributed by atoms with van der Waals surface area (Å²) in [5.41, 5.74) is 0. The van der Waals surface area contributed by atoms with Crippen LogP contribution in [0.3, 0.4) is 0 Å². The number of unbranched alkanes of at least 4 members (excludes halogenated alkanes) is 56. The molecule has 0 aliphatic carbocycles. The largest absolute Gasteiger partial charge is 0.472 e. The zero-order valence-electron chi connectivity index (χ0n) is 69.7. The Morgan fingerprint density at radius 1 is 0.255 bits per heavy atom. The van der Waals surface area contributed by atoms with E-state index < -0.39 is 97.5 Å². The highest BCUT2D eigenvalue weighted by Crippen LogP contribution is 2.45. The van der Waals surface area contributed by atoms with Crippen LogP contribution in [0.15, 0.2) is 0 Å². The van der Waals surface area contributed by atoms with Crippen molar-refractivity contribution in [3.63, 3.8) is 0 Å². The first-order valence-corrected chi connectivity index (χ1v) is 48.0. The summed E-state index contributed by atoms with van der Waals surface area (Å²) in [7, 11) is -9.93. The normalized spacial score (nSPS) is 13.8. The molecule has 0 saturated carbocycles. The van der Waals surface area contributed by atoms with Gasteiger partial charge in [-0.15, -0.1) is 0 Å². The maximum Gasteiger partial charge on any atom is 0.472 e. The van der Waals surface area contributed by atoms with Crippen LogP contribution in [0.5, 0.6) is 0 Å². The predicted molar refractivity (Wildman–Crippen MR) is 437 cm³/mol. The Hall–Kier alpha value is -1.94. The van der Waals surface area contributed by atoms with Gasteiger partial charge in [-0.05, 0) is 37.5 Å². The standard InChI is InChI=1S/C87H170O17P2/c1-7-9-11-13-15-17-19-21-23-25-27-28-30-34-39-43-47-53-60-65-71-86(91)103-82(75-97-84(89)69-63-57-51-45-41-37-35-31-32-36-40-44-49-55-61-67-79(3)4)77-101-105(93,94)99-73-81(88)74-100-106(95,96)102-78-83(76-98-85(90)70-64-58-54-48-50-56-62-68-80(5)6)104-87(92)72-66-59-52-46-42-38-33-29-26-24-22-20-18-16-14-12-10-8-2/h79-83,88H,7-78H2,1-6H3,(H,93,94)(H,95,96)/t81-,82-,83-/m1/s1. The van der Waals surface area contributed by atoms with E-state index in [1.54, 1.807) is 0 Å². The van der Waals surface area contributed by atoms with E-state index in [0.717, 1.165) is 102 Å². The number of carbonyl (C=O) groups excluding carboxylic acids is 4. The minimum atomic E-state index is -4.97. The van der Waals surface area contributed by atoms with Gasteiger partial charge in [0.1, 0.15) is 19.3 Å². The molecule has 5 atom stereocenters. The number of phosphoric ester groups is 2. The fourth-order valence-electron chi connectivity index (χ4n) is 13.6. The topological polar surface area (TPSA) is 237 Å². The molecule has 0 bridgehead atoms. The van der Waals surface area contributed by atoms with Crippen molar-refractivity contribution >= 4 is 39.5 Å². The van der Waals surface area contributed by atoms with E-state index in [4.69, 9.17) is 37.0 Å². The maximum atomic E-state index is 13.2. The first-order valence-electron chi connectivity index (χ1n) is 45.0. The maximum absolute atomic E-state index is 13.2. The van der Waals surface area contributed by atoms with Crippen LogP contribution >= 0.6 is 15.6 Å². The van der Waals surface area contributed by atoms with Crippen LogP contribution in [0.1, 0.15) is 465 Å². The van der Waals surface area contributed by atoms with Gasteiger partial charge in [0.15, 0.2) is 12.2 Å². The number of rotatable bonds is 86. The molecule has 0 spiro atoms. The molecule has 0 aromatic rings. The van der Waals surface area contributed by atoms with E-state index in [0.29, 0.717) is 31.6 Å². The van der Waals surface area contributed by atoms with Crippen molar-refractivity contribution in [1.82, 2.24) is 0 Å².